The molecule has 1 N–H and O–H groups in total. The fourth-order valence-electron chi connectivity index (χ4n) is 6.04. The van der Waals surface area contributed by atoms with Crippen LogP contribution in [-0.2, 0) is 0 Å². The van der Waals surface area contributed by atoms with Gasteiger partial charge in [0, 0.05) is 12.7 Å². The summed E-state index contributed by atoms with van der Waals surface area (Å²) in [5, 5.41) is 7.57. The molecule has 4 saturated carbocycles. The summed E-state index contributed by atoms with van der Waals surface area (Å²) in [6.45, 7) is 0.839. The number of carbonyl (C=O) groups excluding carboxylic acids is 1. The lowest BCUT2D eigenvalue weighted by atomic mass is 9.49. The fourth-order valence-corrected chi connectivity index (χ4v) is 6.04. The van der Waals surface area contributed by atoms with Gasteiger partial charge in [0.1, 0.15) is 0 Å². The Kier molecular flexibility index (Phi) is 3.47. The molecule has 0 unspecified atom stereocenters. The van der Waals surface area contributed by atoms with Crippen molar-refractivity contribution in [3.63, 3.8) is 0 Å². The molecule has 4 bridgehead atoms. The van der Waals surface area contributed by atoms with Gasteiger partial charge in [-0.15, -0.1) is 0 Å². The first kappa shape index (κ1) is 15.2. The van der Waals surface area contributed by atoms with Crippen LogP contribution >= 0.6 is 0 Å². The lowest BCUT2D eigenvalue weighted by Gasteiger charge is -2.56. The second kappa shape index (κ2) is 5.72. The van der Waals surface area contributed by atoms with Gasteiger partial charge in [0.25, 0.3) is 5.91 Å². The van der Waals surface area contributed by atoms with Crippen LogP contribution in [0.4, 0.5) is 0 Å². The smallest absolute Gasteiger partial charge is 0.254 e. The second-order valence-corrected chi connectivity index (χ2v) is 8.61. The van der Waals surface area contributed by atoms with Crippen LogP contribution in [0.25, 0.3) is 5.69 Å². The average molecular weight is 335 g/mol. The number of amides is 1. The van der Waals surface area contributed by atoms with E-state index in [1.165, 1.54) is 38.5 Å². The molecule has 1 heterocycles. The number of para-hydroxylation sites is 1. The quantitative estimate of drug-likeness (QED) is 0.923. The van der Waals surface area contributed by atoms with E-state index in [2.05, 4.69) is 10.4 Å². The Morgan fingerprint density at radius 3 is 2.36 bits per heavy atom. The zero-order chi connectivity index (χ0) is 16.9. The molecule has 1 aromatic heterocycles. The third-order valence-corrected chi connectivity index (χ3v) is 6.65. The van der Waals surface area contributed by atoms with Crippen LogP contribution in [0.5, 0.6) is 0 Å². The number of aromatic nitrogens is 2. The van der Waals surface area contributed by atoms with E-state index in [1.54, 1.807) is 10.9 Å². The molecule has 0 spiro atoms. The fraction of sp³-hybridized carbons (Fsp3) is 0.524. The minimum absolute atomic E-state index is 0.0120. The van der Waals surface area contributed by atoms with Crippen molar-refractivity contribution in [2.75, 3.05) is 6.54 Å². The van der Waals surface area contributed by atoms with E-state index in [0.29, 0.717) is 11.0 Å². The van der Waals surface area contributed by atoms with Crippen LogP contribution in [0.3, 0.4) is 0 Å². The molecule has 4 heteroatoms. The Balaban J connectivity index is 1.26. The SMILES string of the molecule is O=C(NCC12CC3CC(CC(C3)C1)C2)c1cnn(-c2ccccc2)c1. The summed E-state index contributed by atoms with van der Waals surface area (Å²) in [7, 11) is 0. The maximum absolute atomic E-state index is 12.6. The highest BCUT2D eigenvalue weighted by Crippen LogP contribution is 2.59. The van der Waals surface area contributed by atoms with Crippen LogP contribution in [0.15, 0.2) is 42.7 Å². The molecule has 6 rings (SSSR count). The minimum Gasteiger partial charge on any atom is -0.351 e. The summed E-state index contributed by atoms with van der Waals surface area (Å²) < 4.78 is 1.76. The standard InChI is InChI=1S/C21H25N3O/c25-20(18-12-23-24(13-18)19-4-2-1-3-5-19)22-14-21-9-15-6-16(10-21)8-17(7-15)11-21/h1-5,12-13,15-17H,6-11,14H2,(H,22,25). The van der Waals surface area contributed by atoms with Gasteiger partial charge in [0.15, 0.2) is 0 Å². The van der Waals surface area contributed by atoms with Gasteiger partial charge in [-0.2, -0.15) is 5.10 Å². The average Bonchev–Trinajstić information content (AvgIpc) is 3.10. The number of rotatable bonds is 4. The minimum atomic E-state index is 0.0120. The Labute approximate surface area is 148 Å². The molecule has 4 aliphatic carbocycles. The Bertz CT molecular complexity index is 744. The molecular weight excluding hydrogens is 310 g/mol. The molecule has 25 heavy (non-hydrogen) atoms. The molecule has 0 atom stereocenters. The first-order valence-corrected chi connectivity index (χ1v) is 9.57. The first-order chi connectivity index (χ1) is 12.2. The molecule has 130 valence electrons. The first-order valence-electron chi connectivity index (χ1n) is 9.57. The molecule has 4 aliphatic rings. The third kappa shape index (κ3) is 2.78. The summed E-state index contributed by atoms with van der Waals surface area (Å²) in [4.78, 5) is 12.6. The summed E-state index contributed by atoms with van der Waals surface area (Å²) in [5.41, 5.74) is 2.00. The predicted octanol–water partition coefficient (Wildman–Crippen LogP) is 3.82. The van der Waals surface area contributed by atoms with Gasteiger partial charge in [-0.05, 0) is 73.8 Å². The number of hydrogen-bond acceptors (Lipinski definition) is 2. The lowest BCUT2D eigenvalue weighted by Crippen LogP contribution is -2.51. The topological polar surface area (TPSA) is 46.9 Å². The van der Waals surface area contributed by atoms with E-state index in [4.69, 9.17) is 0 Å². The van der Waals surface area contributed by atoms with Gasteiger partial charge in [0.05, 0.1) is 17.4 Å². The summed E-state index contributed by atoms with van der Waals surface area (Å²) in [6, 6.07) is 9.91. The Morgan fingerprint density at radius 2 is 1.72 bits per heavy atom. The Hall–Kier alpha value is -2.10. The van der Waals surface area contributed by atoms with Crippen LogP contribution in [0.1, 0.15) is 48.9 Å². The highest BCUT2D eigenvalue weighted by atomic mass is 16.1. The van der Waals surface area contributed by atoms with Gasteiger partial charge >= 0.3 is 0 Å². The zero-order valence-electron chi connectivity index (χ0n) is 14.5. The number of hydrogen-bond donors (Lipinski definition) is 1. The molecule has 1 amide bonds. The molecule has 1 aromatic carbocycles. The van der Waals surface area contributed by atoms with Gasteiger partial charge in [-0.1, -0.05) is 18.2 Å². The van der Waals surface area contributed by atoms with E-state index in [-0.39, 0.29) is 5.91 Å². The van der Waals surface area contributed by atoms with Crippen LogP contribution in [0.2, 0.25) is 0 Å². The van der Waals surface area contributed by atoms with Crippen LogP contribution in [-0.4, -0.2) is 22.2 Å². The van der Waals surface area contributed by atoms with E-state index in [0.717, 1.165) is 30.0 Å². The van der Waals surface area contributed by atoms with Gasteiger partial charge < -0.3 is 5.32 Å². The van der Waals surface area contributed by atoms with Crippen molar-refractivity contribution >= 4 is 5.91 Å². The molecule has 0 radical (unpaired) electrons. The molecule has 2 aromatic rings. The van der Waals surface area contributed by atoms with Gasteiger partial charge in [0.2, 0.25) is 0 Å². The number of nitrogens with one attached hydrogen (secondary N) is 1. The monoisotopic (exact) mass is 335 g/mol. The molecule has 4 nitrogen and oxygen atoms in total. The Morgan fingerprint density at radius 1 is 1.08 bits per heavy atom. The van der Waals surface area contributed by atoms with Crippen molar-refractivity contribution in [3.8, 4) is 5.69 Å². The summed E-state index contributed by atoms with van der Waals surface area (Å²) >= 11 is 0. The third-order valence-electron chi connectivity index (χ3n) is 6.65. The summed E-state index contributed by atoms with van der Waals surface area (Å²) in [6.07, 6.45) is 11.8. The van der Waals surface area contributed by atoms with Crippen LogP contribution in [0, 0.1) is 23.2 Å². The molecule has 0 aliphatic heterocycles. The van der Waals surface area contributed by atoms with Crippen molar-refractivity contribution < 1.29 is 4.79 Å². The van der Waals surface area contributed by atoms with Crippen molar-refractivity contribution in [3.05, 3.63) is 48.3 Å². The normalized spacial score (nSPS) is 32.7. The van der Waals surface area contributed by atoms with Crippen molar-refractivity contribution in [2.45, 2.75) is 38.5 Å². The van der Waals surface area contributed by atoms with Crippen molar-refractivity contribution in [1.82, 2.24) is 15.1 Å². The van der Waals surface area contributed by atoms with Crippen molar-refractivity contribution in [1.29, 1.82) is 0 Å². The van der Waals surface area contributed by atoms with Gasteiger partial charge in [-0.25, -0.2) is 4.68 Å². The zero-order valence-corrected chi connectivity index (χ0v) is 14.5. The molecule has 0 saturated heterocycles. The van der Waals surface area contributed by atoms with E-state index >= 15 is 0 Å². The van der Waals surface area contributed by atoms with Crippen LogP contribution < -0.4 is 5.32 Å². The van der Waals surface area contributed by atoms with Crippen molar-refractivity contribution in [2.24, 2.45) is 23.2 Å². The largest absolute Gasteiger partial charge is 0.351 e. The van der Waals surface area contributed by atoms with Gasteiger partial charge in [-0.3, -0.25) is 4.79 Å². The molecular formula is C21H25N3O. The predicted molar refractivity (Wildman–Crippen MR) is 96.5 cm³/mol. The van der Waals surface area contributed by atoms with E-state index in [1.807, 2.05) is 36.5 Å². The maximum atomic E-state index is 12.6. The highest BCUT2D eigenvalue weighted by Gasteiger charge is 2.50. The van der Waals surface area contributed by atoms with E-state index in [9.17, 15) is 4.79 Å². The lowest BCUT2D eigenvalue weighted by molar-refractivity contribution is -0.0503. The number of benzene rings is 1. The second-order valence-electron chi connectivity index (χ2n) is 8.61. The summed E-state index contributed by atoms with van der Waals surface area (Å²) in [5.74, 6) is 2.77. The molecule has 4 fully saturated rings. The number of nitrogens with zero attached hydrogens (tertiary/aromatic N) is 2. The highest BCUT2D eigenvalue weighted by molar-refractivity contribution is 5.93. The van der Waals surface area contributed by atoms with E-state index < -0.39 is 0 Å². The maximum Gasteiger partial charge on any atom is 0.254 e. The number of carbonyl (C=O) groups is 1.